The smallest absolute Gasteiger partial charge is 0.419 e. The third kappa shape index (κ3) is 9.47. The molecular formula is C32H36F3N11O6S. The molecule has 0 spiro atoms. The number of ether oxygens (including phenoxy) is 3. The zero-order valence-electron chi connectivity index (χ0n) is 28.4. The van der Waals surface area contributed by atoms with Crippen LogP contribution in [0.1, 0.15) is 31.2 Å². The maximum Gasteiger partial charge on any atom is 0.419 e. The molecule has 3 N–H and O–H groups in total. The first-order valence-electron chi connectivity index (χ1n) is 16.5. The van der Waals surface area contributed by atoms with Gasteiger partial charge < -0.3 is 19.5 Å². The monoisotopic (exact) mass is 759 g/mol. The largest absolute Gasteiger partial charge is 0.467 e. The van der Waals surface area contributed by atoms with Crippen molar-refractivity contribution in [3.63, 3.8) is 0 Å². The average molecular weight is 760 g/mol. The molecule has 0 radical (unpaired) electrons. The number of aromatic nitrogens is 7. The Morgan fingerprint density at radius 2 is 1.72 bits per heavy atom. The molecule has 1 amide bonds. The zero-order chi connectivity index (χ0) is 37.6. The Morgan fingerprint density at radius 1 is 0.981 bits per heavy atom. The molecule has 5 heterocycles. The van der Waals surface area contributed by atoms with E-state index in [4.69, 9.17) is 19.3 Å². The lowest BCUT2D eigenvalue weighted by molar-refractivity contribution is -0.137. The van der Waals surface area contributed by atoms with Crippen molar-refractivity contribution in [3.8, 4) is 28.5 Å². The maximum absolute atomic E-state index is 14.0. The SMILES string of the molecule is COc1ncc(-c2cnc(N(C(=O)OCCN3CCOCC3)C3CCC(Nc4ncc(C(F)(F)F)c(-c5cncc(S(N)(=O)=O)c5)n4)CC3)cn2)cn1. The van der Waals surface area contributed by atoms with Crippen LogP contribution in [0.25, 0.3) is 22.5 Å². The van der Waals surface area contributed by atoms with Crippen molar-refractivity contribution in [3.05, 3.63) is 55.0 Å². The minimum absolute atomic E-state index is 0.0965. The van der Waals surface area contributed by atoms with Crippen molar-refractivity contribution in [1.29, 1.82) is 0 Å². The van der Waals surface area contributed by atoms with Crippen molar-refractivity contribution in [2.45, 2.75) is 48.8 Å². The fraction of sp³-hybridized carbons (Fsp3) is 0.438. The molecule has 21 heteroatoms. The number of carbonyl (C=O) groups excluding carboxylic acids is 1. The summed E-state index contributed by atoms with van der Waals surface area (Å²) in [5.74, 6) is 0.183. The zero-order valence-corrected chi connectivity index (χ0v) is 29.3. The highest BCUT2D eigenvalue weighted by atomic mass is 32.2. The van der Waals surface area contributed by atoms with E-state index in [1.807, 2.05) is 0 Å². The van der Waals surface area contributed by atoms with E-state index in [-0.39, 0.29) is 42.0 Å². The Morgan fingerprint density at radius 3 is 2.36 bits per heavy atom. The van der Waals surface area contributed by atoms with Gasteiger partial charge in [-0.15, -0.1) is 0 Å². The van der Waals surface area contributed by atoms with Crippen LogP contribution in [0.5, 0.6) is 6.01 Å². The Kier molecular flexibility index (Phi) is 11.6. The maximum atomic E-state index is 14.0. The van der Waals surface area contributed by atoms with Gasteiger partial charge in [-0.1, -0.05) is 0 Å². The van der Waals surface area contributed by atoms with Gasteiger partial charge >= 0.3 is 18.3 Å². The van der Waals surface area contributed by atoms with E-state index >= 15 is 0 Å². The topological polar surface area (TPSA) is 214 Å². The van der Waals surface area contributed by atoms with Crippen molar-refractivity contribution < 1.29 is 40.6 Å². The minimum atomic E-state index is -4.84. The molecular weight excluding hydrogens is 723 g/mol. The van der Waals surface area contributed by atoms with Gasteiger partial charge in [-0.05, 0) is 31.7 Å². The highest BCUT2D eigenvalue weighted by molar-refractivity contribution is 7.89. The predicted molar refractivity (Wildman–Crippen MR) is 182 cm³/mol. The number of anilines is 2. The van der Waals surface area contributed by atoms with E-state index in [0.29, 0.717) is 62.9 Å². The lowest BCUT2D eigenvalue weighted by Gasteiger charge is -2.36. The van der Waals surface area contributed by atoms with Gasteiger partial charge in [-0.2, -0.15) is 13.2 Å². The van der Waals surface area contributed by atoms with Crippen LogP contribution in [-0.4, -0.2) is 113 Å². The predicted octanol–water partition coefficient (Wildman–Crippen LogP) is 3.16. The van der Waals surface area contributed by atoms with Crippen molar-refractivity contribution in [2.75, 3.05) is 56.8 Å². The summed E-state index contributed by atoms with van der Waals surface area (Å²) in [7, 11) is -2.79. The molecule has 0 aromatic carbocycles. The molecule has 4 aromatic heterocycles. The summed E-state index contributed by atoms with van der Waals surface area (Å²) in [6, 6.07) is 0.563. The van der Waals surface area contributed by atoms with Crippen LogP contribution in [0.2, 0.25) is 0 Å². The second-order valence-corrected chi connectivity index (χ2v) is 13.8. The summed E-state index contributed by atoms with van der Waals surface area (Å²) in [4.78, 5) is 45.8. The van der Waals surface area contributed by atoms with Crippen LogP contribution >= 0.6 is 0 Å². The first-order chi connectivity index (χ1) is 25.4. The van der Waals surface area contributed by atoms with Crippen molar-refractivity contribution >= 4 is 27.9 Å². The Labute approximate surface area is 302 Å². The number of halogens is 3. The summed E-state index contributed by atoms with van der Waals surface area (Å²) in [5, 5.41) is 8.27. The molecule has 0 atom stereocenters. The summed E-state index contributed by atoms with van der Waals surface area (Å²) < 4.78 is 81.7. The molecule has 1 aliphatic heterocycles. The molecule has 17 nitrogen and oxygen atoms in total. The lowest BCUT2D eigenvalue weighted by atomic mass is 9.90. The van der Waals surface area contributed by atoms with E-state index in [0.717, 1.165) is 31.5 Å². The number of methoxy groups -OCH3 is 1. The molecule has 4 aromatic rings. The number of nitrogens with zero attached hydrogens (tertiary/aromatic N) is 9. The van der Waals surface area contributed by atoms with Gasteiger partial charge in [0, 0.05) is 73.8 Å². The second kappa shape index (κ2) is 16.3. The van der Waals surface area contributed by atoms with Crippen LogP contribution < -0.4 is 20.1 Å². The summed E-state index contributed by atoms with van der Waals surface area (Å²) in [6.45, 7) is 3.40. The molecule has 282 valence electrons. The number of sulfonamides is 1. The van der Waals surface area contributed by atoms with Gasteiger partial charge in [0.1, 0.15) is 17.1 Å². The molecule has 0 bridgehead atoms. The molecule has 53 heavy (non-hydrogen) atoms. The highest BCUT2D eigenvalue weighted by Crippen LogP contribution is 2.37. The standard InChI is InChI=1S/C32H36F3N11O6S/c1-50-30-41-14-21(15-42-30)26-18-39-27(19-38-26)46(31(47)52-11-8-45-6-9-51-10-7-45)23-4-2-22(3-5-23)43-29-40-17-25(32(33,34)35)28(44-29)20-12-24(16-37-13-20)53(36,48)49/h12-19,22-23H,2-11H2,1H3,(H2,36,48,49)(H,40,43,44). The Hall–Kier alpha value is -5.12. The van der Waals surface area contributed by atoms with Crippen LogP contribution in [-0.2, 0) is 25.7 Å². The van der Waals surface area contributed by atoms with Gasteiger partial charge in [0.05, 0.1) is 44.1 Å². The molecule has 2 fully saturated rings. The first kappa shape index (κ1) is 37.6. The number of nitrogens with one attached hydrogen (secondary N) is 1. The molecule has 1 aliphatic carbocycles. The number of amides is 1. The summed E-state index contributed by atoms with van der Waals surface area (Å²) in [5.41, 5.74) is -0.857. The minimum Gasteiger partial charge on any atom is -0.467 e. The third-order valence-electron chi connectivity index (χ3n) is 8.73. The summed E-state index contributed by atoms with van der Waals surface area (Å²) >= 11 is 0. The van der Waals surface area contributed by atoms with Crippen molar-refractivity contribution in [2.24, 2.45) is 5.14 Å². The number of hydrogen-bond acceptors (Lipinski definition) is 15. The third-order valence-corrected chi connectivity index (χ3v) is 9.61. The van der Waals surface area contributed by atoms with E-state index in [9.17, 15) is 26.4 Å². The highest BCUT2D eigenvalue weighted by Gasteiger charge is 2.37. The Bertz CT molecular complexity index is 1980. The van der Waals surface area contributed by atoms with E-state index < -0.39 is 38.4 Å². The quantitative estimate of drug-likeness (QED) is 0.225. The molecule has 1 saturated carbocycles. The first-order valence-corrected chi connectivity index (χ1v) is 18.1. The number of rotatable bonds is 11. The van der Waals surface area contributed by atoms with Crippen LogP contribution in [0.4, 0.5) is 29.7 Å². The average Bonchev–Trinajstić information content (AvgIpc) is 3.16. The van der Waals surface area contributed by atoms with Crippen LogP contribution in [0, 0.1) is 0 Å². The number of morpholine rings is 1. The van der Waals surface area contributed by atoms with E-state index in [1.54, 1.807) is 12.4 Å². The van der Waals surface area contributed by atoms with Gasteiger partial charge in [-0.25, -0.2) is 43.3 Å². The molecule has 0 unspecified atom stereocenters. The number of carbonyl (C=O) groups is 1. The van der Waals surface area contributed by atoms with Crippen LogP contribution in [0.15, 0.2) is 54.3 Å². The number of hydrogen-bond donors (Lipinski definition) is 2. The van der Waals surface area contributed by atoms with Gasteiger partial charge in [0.15, 0.2) is 5.82 Å². The van der Waals surface area contributed by atoms with Gasteiger partial charge in [-0.3, -0.25) is 19.8 Å². The van der Waals surface area contributed by atoms with Gasteiger partial charge in [0.25, 0.3) is 0 Å². The molecule has 2 aliphatic rings. The number of primary sulfonamides is 1. The van der Waals surface area contributed by atoms with E-state index in [2.05, 4.69) is 45.1 Å². The molecule has 6 rings (SSSR count). The lowest BCUT2D eigenvalue weighted by Crippen LogP contribution is -2.46. The summed E-state index contributed by atoms with van der Waals surface area (Å²) in [6.07, 6.45) is 5.20. The van der Waals surface area contributed by atoms with E-state index in [1.165, 1.54) is 24.4 Å². The molecule has 1 saturated heterocycles. The van der Waals surface area contributed by atoms with Crippen LogP contribution in [0.3, 0.4) is 0 Å². The number of alkyl halides is 3. The normalized spacial score (nSPS) is 18.3. The number of pyridine rings is 1. The number of nitrogens with two attached hydrogens (primary N) is 1. The Balaban J connectivity index is 1.17. The van der Waals surface area contributed by atoms with Crippen molar-refractivity contribution in [1.82, 2.24) is 39.8 Å². The van der Waals surface area contributed by atoms with Gasteiger partial charge in [0.2, 0.25) is 16.0 Å². The fourth-order valence-electron chi connectivity index (χ4n) is 5.98. The second-order valence-electron chi connectivity index (χ2n) is 12.2. The fourth-order valence-corrected chi connectivity index (χ4v) is 6.48.